The average Bonchev–Trinajstić information content (AvgIpc) is 2.53. The van der Waals surface area contributed by atoms with Gasteiger partial charge in [0, 0.05) is 5.69 Å². The standard InChI is InChI=1S/C20H26N2O2/c1-15-9-7-10-18(17(15)3)21-20(23)14-22(4)12-13-24-19-11-6-5-8-16(19)2/h5-11H,12-14H2,1-4H3,(H,21,23)/p+1. The molecular formula is C20H27N2O2+. The third kappa shape index (κ3) is 5.10. The summed E-state index contributed by atoms with van der Waals surface area (Å²) >= 11 is 0. The Bertz CT molecular complexity index is 698. The van der Waals surface area contributed by atoms with E-state index in [1.165, 1.54) is 5.56 Å². The van der Waals surface area contributed by atoms with Crippen molar-refractivity contribution >= 4 is 11.6 Å². The van der Waals surface area contributed by atoms with Crippen LogP contribution in [0, 0.1) is 20.8 Å². The summed E-state index contributed by atoms with van der Waals surface area (Å²) in [6.45, 7) is 7.89. The molecule has 0 aliphatic heterocycles. The van der Waals surface area contributed by atoms with Crippen LogP contribution in [-0.2, 0) is 4.79 Å². The van der Waals surface area contributed by atoms with E-state index in [1.54, 1.807) is 0 Å². The zero-order valence-electron chi connectivity index (χ0n) is 15.0. The van der Waals surface area contributed by atoms with E-state index in [1.807, 2.05) is 70.3 Å². The molecule has 128 valence electrons. The number of quaternary nitrogens is 1. The van der Waals surface area contributed by atoms with Crippen molar-refractivity contribution in [2.24, 2.45) is 0 Å². The van der Waals surface area contributed by atoms with Gasteiger partial charge in [0.05, 0.1) is 7.05 Å². The minimum Gasteiger partial charge on any atom is -0.487 e. The second-order valence-corrected chi connectivity index (χ2v) is 6.29. The second-order valence-electron chi connectivity index (χ2n) is 6.29. The average molecular weight is 327 g/mol. The first-order valence-corrected chi connectivity index (χ1v) is 8.33. The minimum absolute atomic E-state index is 0.0251. The Hall–Kier alpha value is -2.33. The van der Waals surface area contributed by atoms with Crippen LogP contribution in [0.25, 0.3) is 0 Å². The SMILES string of the molecule is Cc1ccccc1OCC[NH+](C)CC(=O)Nc1cccc(C)c1C. The topological polar surface area (TPSA) is 42.8 Å². The molecule has 0 saturated carbocycles. The molecule has 1 amide bonds. The summed E-state index contributed by atoms with van der Waals surface area (Å²) < 4.78 is 5.79. The fourth-order valence-corrected chi connectivity index (χ4v) is 2.50. The van der Waals surface area contributed by atoms with Gasteiger partial charge in [0.15, 0.2) is 6.54 Å². The normalized spacial score (nSPS) is 11.8. The number of aryl methyl sites for hydroxylation is 2. The van der Waals surface area contributed by atoms with Crippen molar-refractivity contribution in [3.8, 4) is 5.75 Å². The summed E-state index contributed by atoms with van der Waals surface area (Å²) in [4.78, 5) is 13.3. The number of carbonyl (C=O) groups excluding carboxylic acids is 1. The summed E-state index contributed by atoms with van der Waals surface area (Å²) in [5.74, 6) is 0.933. The fraction of sp³-hybridized carbons (Fsp3) is 0.350. The molecule has 4 heteroatoms. The molecule has 0 heterocycles. The summed E-state index contributed by atoms with van der Waals surface area (Å²) in [6.07, 6.45) is 0. The van der Waals surface area contributed by atoms with E-state index < -0.39 is 0 Å². The molecule has 4 nitrogen and oxygen atoms in total. The van der Waals surface area contributed by atoms with Crippen molar-refractivity contribution in [2.75, 3.05) is 32.1 Å². The van der Waals surface area contributed by atoms with E-state index in [0.717, 1.165) is 34.0 Å². The maximum absolute atomic E-state index is 12.2. The van der Waals surface area contributed by atoms with Gasteiger partial charge in [-0.25, -0.2) is 0 Å². The van der Waals surface area contributed by atoms with Crippen LogP contribution < -0.4 is 15.0 Å². The molecule has 0 aliphatic carbocycles. The number of para-hydroxylation sites is 1. The zero-order chi connectivity index (χ0) is 17.5. The monoisotopic (exact) mass is 327 g/mol. The van der Waals surface area contributed by atoms with Crippen LogP contribution in [0.4, 0.5) is 5.69 Å². The minimum atomic E-state index is 0.0251. The number of amides is 1. The van der Waals surface area contributed by atoms with Crippen LogP contribution in [0.5, 0.6) is 5.75 Å². The first-order valence-electron chi connectivity index (χ1n) is 8.33. The summed E-state index contributed by atoms with van der Waals surface area (Å²) in [6, 6.07) is 13.9. The van der Waals surface area contributed by atoms with E-state index in [9.17, 15) is 4.79 Å². The summed E-state index contributed by atoms with van der Waals surface area (Å²) in [5, 5.41) is 3.00. The van der Waals surface area contributed by atoms with Crippen molar-refractivity contribution in [3.63, 3.8) is 0 Å². The Morgan fingerprint density at radius 1 is 1.04 bits per heavy atom. The molecule has 0 aliphatic rings. The number of hydrogen-bond acceptors (Lipinski definition) is 2. The van der Waals surface area contributed by atoms with Gasteiger partial charge in [-0.1, -0.05) is 30.3 Å². The van der Waals surface area contributed by atoms with Crippen LogP contribution in [0.2, 0.25) is 0 Å². The summed E-state index contributed by atoms with van der Waals surface area (Å²) in [5.41, 5.74) is 4.32. The highest BCUT2D eigenvalue weighted by Gasteiger charge is 2.12. The lowest BCUT2D eigenvalue weighted by Gasteiger charge is -2.16. The smallest absolute Gasteiger partial charge is 0.279 e. The lowest BCUT2D eigenvalue weighted by atomic mass is 10.1. The van der Waals surface area contributed by atoms with E-state index in [2.05, 4.69) is 5.32 Å². The van der Waals surface area contributed by atoms with Gasteiger partial charge >= 0.3 is 0 Å². The Labute approximate surface area is 144 Å². The molecule has 2 aromatic carbocycles. The number of ether oxygens (including phenoxy) is 1. The molecule has 0 bridgehead atoms. The predicted octanol–water partition coefficient (Wildman–Crippen LogP) is 2.14. The number of hydrogen-bond donors (Lipinski definition) is 2. The number of carbonyl (C=O) groups is 1. The molecular weight excluding hydrogens is 300 g/mol. The van der Waals surface area contributed by atoms with Crippen LogP contribution in [0.3, 0.4) is 0 Å². The molecule has 2 aromatic rings. The van der Waals surface area contributed by atoms with E-state index in [4.69, 9.17) is 4.74 Å². The number of rotatable bonds is 7. The van der Waals surface area contributed by atoms with Crippen molar-refractivity contribution in [2.45, 2.75) is 20.8 Å². The molecule has 0 radical (unpaired) electrons. The Balaban J connectivity index is 1.77. The van der Waals surface area contributed by atoms with Gasteiger partial charge in [-0.2, -0.15) is 0 Å². The lowest BCUT2D eigenvalue weighted by molar-refractivity contribution is -0.871. The quantitative estimate of drug-likeness (QED) is 0.818. The number of nitrogens with one attached hydrogen (secondary N) is 2. The van der Waals surface area contributed by atoms with Gasteiger partial charge in [0.25, 0.3) is 5.91 Å². The second kappa shape index (κ2) is 8.50. The third-order valence-corrected chi connectivity index (χ3v) is 4.22. The van der Waals surface area contributed by atoms with Crippen LogP contribution in [0.1, 0.15) is 16.7 Å². The maximum atomic E-state index is 12.2. The van der Waals surface area contributed by atoms with Crippen molar-refractivity contribution in [1.82, 2.24) is 0 Å². The molecule has 0 spiro atoms. The van der Waals surface area contributed by atoms with Gasteiger partial charge < -0.3 is 15.0 Å². The van der Waals surface area contributed by atoms with E-state index >= 15 is 0 Å². The van der Waals surface area contributed by atoms with E-state index in [0.29, 0.717) is 13.2 Å². The Morgan fingerprint density at radius 2 is 1.75 bits per heavy atom. The largest absolute Gasteiger partial charge is 0.487 e. The molecule has 0 saturated heterocycles. The van der Waals surface area contributed by atoms with Crippen LogP contribution >= 0.6 is 0 Å². The molecule has 0 aromatic heterocycles. The summed E-state index contributed by atoms with van der Waals surface area (Å²) in [7, 11) is 2.00. The number of benzene rings is 2. The van der Waals surface area contributed by atoms with E-state index in [-0.39, 0.29) is 5.91 Å². The molecule has 2 rings (SSSR count). The molecule has 1 atom stereocenters. The Morgan fingerprint density at radius 3 is 2.50 bits per heavy atom. The van der Waals surface area contributed by atoms with Crippen LogP contribution in [0.15, 0.2) is 42.5 Å². The molecule has 2 N–H and O–H groups in total. The molecule has 1 unspecified atom stereocenters. The predicted molar refractivity (Wildman–Crippen MR) is 97.8 cm³/mol. The molecule has 24 heavy (non-hydrogen) atoms. The van der Waals surface area contributed by atoms with Crippen molar-refractivity contribution < 1.29 is 14.4 Å². The highest BCUT2D eigenvalue weighted by atomic mass is 16.5. The van der Waals surface area contributed by atoms with Gasteiger partial charge in [-0.05, 0) is 49.6 Å². The lowest BCUT2D eigenvalue weighted by Crippen LogP contribution is -3.10. The first-order chi connectivity index (χ1) is 11.5. The van der Waals surface area contributed by atoms with Gasteiger partial charge in [-0.15, -0.1) is 0 Å². The third-order valence-electron chi connectivity index (χ3n) is 4.22. The maximum Gasteiger partial charge on any atom is 0.279 e. The van der Waals surface area contributed by atoms with Crippen LogP contribution in [-0.4, -0.2) is 32.7 Å². The molecule has 0 fully saturated rings. The van der Waals surface area contributed by atoms with Gasteiger partial charge in [-0.3, -0.25) is 4.79 Å². The van der Waals surface area contributed by atoms with Gasteiger partial charge in [0.1, 0.15) is 18.9 Å². The van der Waals surface area contributed by atoms with Gasteiger partial charge in [0.2, 0.25) is 0 Å². The Kier molecular flexibility index (Phi) is 6.38. The highest BCUT2D eigenvalue weighted by molar-refractivity contribution is 5.92. The highest BCUT2D eigenvalue weighted by Crippen LogP contribution is 2.17. The van der Waals surface area contributed by atoms with Crippen molar-refractivity contribution in [3.05, 3.63) is 59.2 Å². The van der Waals surface area contributed by atoms with Crippen molar-refractivity contribution in [1.29, 1.82) is 0 Å². The number of anilines is 1. The fourth-order valence-electron chi connectivity index (χ4n) is 2.50. The first kappa shape index (κ1) is 18.0. The zero-order valence-corrected chi connectivity index (χ0v) is 15.0. The number of likely N-dealkylation sites (N-methyl/N-ethyl adjacent to an activating group) is 1.